The summed E-state index contributed by atoms with van der Waals surface area (Å²) in [6.45, 7) is 6.82. The van der Waals surface area contributed by atoms with Gasteiger partial charge in [-0.3, -0.25) is 0 Å². The van der Waals surface area contributed by atoms with Gasteiger partial charge < -0.3 is 10.2 Å². The smallest absolute Gasteiger partial charge is 0.0478 e. The molecule has 0 aliphatic carbocycles. The predicted molar refractivity (Wildman–Crippen MR) is 67.8 cm³/mol. The van der Waals surface area contributed by atoms with Crippen molar-refractivity contribution in [2.45, 2.75) is 38.8 Å². The number of anilines is 1. The number of hydrogen-bond acceptors (Lipinski definition) is 3. The highest BCUT2D eigenvalue weighted by Gasteiger charge is 2.25. The highest BCUT2D eigenvalue weighted by atomic mass is 32.1. The molecule has 1 aromatic rings. The van der Waals surface area contributed by atoms with E-state index in [4.69, 9.17) is 0 Å². The van der Waals surface area contributed by atoms with E-state index in [1.165, 1.54) is 18.5 Å². The van der Waals surface area contributed by atoms with Crippen LogP contribution in [0.25, 0.3) is 0 Å². The van der Waals surface area contributed by atoms with Crippen LogP contribution < -0.4 is 10.2 Å². The molecule has 2 heterocycles. The van der Waals surface area contributed by atoms with Crippen LogP contribution in [0.3, 0.4) is 0 Å². The van der Waals surface area contributed by atoms with Crippen LogP contribution in [0.5, 0.6) is 0 Å². The van der Waals surface area contributed by atoms with Crippen molar-refractivity contribution >= 4 is 17.0 Å². The SMILES string of the molecule is CCC1CN(c2ccsc2)C(CC)CN1. The van der Waals surface area contributed by atoms with Crippen LogP contribution in [0.4, 0.5) is 5.69 Å². The second-order valence-electron chi connectivity index (χ2n) is 4.21. The number of piperazine rings is 1. The Morgan fingerprint density at radius 3 is 2.93 bits per heavy atom. The van der Waals surface area contributed by atoms with Crippen molar-refractivity contribution in [1.29, 1.82) is 0 Å². The molecule has 0 saturated carbocycles. The maximum absolute atomic E-state index is 3.62. The third-order valence-electron chi connectivity index (χ3n) is 3.30. The van der Waals surface area contributed by atoms with Crippen molar-refractivity contribution in [3.05, 3.63) is 16.8 Å². The maximum atomic E-state index is 3.62. The summed E-state index contributed by atoms with van der Waals surface area (Å²) in [7, 11) is 0. The fourth-order valence-corrected chi connectivity index (χ4v) is 2.89. The second kappa shape index (κ2) is 4.99. The summed E-state index contributed by atoms with van der Waals surface area (Å²) in [5, 5.41) is 8.06. The van der Waals surface area contributed by atoms with E-state index in [1.54, 1.807) is 11.3 Å². The van der Waals surface area contributed by atoms with Gasteiger partial charge in [-0.2, -0.15) is 11.3 Å². The third-order valence-corrected chi connectivity index (χ3v) is 3.97. The van der Waals surface area contributed by atoms with Gasteiger partial charge in [0.25, 0.3) is 0 Å². The van der Waals surface area contributed by atoms with E-state index < -0.39 is 0 Å². The highest BCUT2D eigenvalue weighted by Crippen LogP contribution is 2.24. The van der Waals surface area contributed by atoms with Gasteiger partial charge >= 0.3 is 0 Å². The van der Waals surface area contributed by atoms with Crippen molar-refractivity contribution in [2.24, 2.45) is 0 Å². The predicted octanol–water partition coefficient (Wildman–Crippen LogP) is 2.71. The zero-order valence-corrected chi connectivity index (χ0v) is 10.4. The minimum Gasteiger partial charge on any atom is -0.365 e. The van der Waals surface area contributed by atoms with E-state index >= 15 is 0 Å². The standard InChI is InChI=1S/C12H20N2S/c1-3-10-8-14(11(4-2)7-13-10)12-5-6-15-9-12/h5-6,9-11,13H,3-4,7-8H2,1-2H3. The summed E-state index contributed by atoms with van der Waals surface area (Å²) in [4.78, 5) is 2.57. The average molecular weight is 224 g/mol. The summed E-state index contributed by atoms with van der Waals surface area (Å²) in [6, 6.07) is 3.57. The van der Waals surface area contributed by atoms with Crippen molar-refractivity contribution in [3.63, 3.8) is 0 Å². The highest BCUT2D eigenvalue weighted by molar-refractivity contribution is 7.08. The maximum Gasteiger partial charge on any atom is 0.0478 e. The zero-order chi connectivity index (χ0) is 10.7. The molecule has 2 unspecified atom stereocenters. The Bertz CT molecular complexity index is 284. The Morgan fingerprint density at radius 1 is 1.47 bits per heavy atom. The number of nitrogens with one attached hydrogen (secondary N) is 1. The fourth-order valence-electron chi connectivity index (χ4n) is 2.24. The summed E-state index contributed by atoms with van der Waals surface area (Å²) in [6.07, 6.45) is 2.44. The quantitative estimate of drug-likeness (QED) is 0.849. The Balaban J connectivity index is 2.10. The van der Waals surface area contributed by atoms with Crippen molar-refractivity contribution in [1.82, 2.24) is 5.32 Å². The molecule has 1 saturated heterocycles. The van der Waals surface area contributed by atoms with Gasteiger partial charge in [0.1, 0.15) is 0 Å². The molecule has 0 aromatic carbocycles. The lowest BCUT2D eigenvalue weighted by Gasteiger charge is -2.41. The van der Waals surface area contributed by atoms with E-state index in [0.717, 1.165) is 13.1 Å². The van der Waals surface area contributed by atoms with Gasteiger partial charge in [0, 0.05) is 36.2 Å². The number of rotatable bonds is 3. The Morgan fingerprint density at radius 2 is 2.33 bits per heavy atom. The van der Waals surface area contributed by atoms with Crippen LogP contribution in [0.15, 0.2) is 16.8 Å². The lowest BCUT2D eigenvalue weighted by Crippen LogP contribution is -2.56. The number of thiophene rings is 1. The first kappa shape index (κ1) is 11.0. The van der Waals surface area contributed by atoms with Gasteiger partial charge in [-0.1, -0.05) is 13.8 Å². The van der Waals surface area contributed by atoms with Crippen LogP contribution >= 0.6 is 11.3 Å². The lowest BCUT2D eigenvalue weighted by atomic mass is 10.0. The molecule has 0 spiro atoms. The molecule has 0 radical (unpaired) electrons. The normalized spacial score (nSPS) is 26.9. The van der Waals surface area contributed by atoms with Crippen LogP contribution in [-0.4, -0.2) is 25.2 Å². The van der Waals surface area contributed by atoms with E-state index in [-0.39, 0.29) is 0 Å². The summed E-state index contributed by atoms with van der Waals surface area (Å²) in [5.41, 5.74) is 1.41. The molecule has 15 heavy (non-hydrogen) atoms. The van der Waals surface area contributed by atoms with Gasteiger partial charge in [-0.25, -0.2) is 0 Å². The molecule has 2 rings (SSSR count). The third kappa shape index (κ3) is 2.34. The fraction of sp³-hybridized carbons (Fsp3) is 0.667. The summed E-state index contributed by atoms with van der Waals surface area (Å²) >= 11 is 1.79. The molecule has 1 aliphatic heterocycles. The Labute approximate surface area is 96.3 Å². The monoisotopic (exact) mass is 224 g/mol. The first-order chi connectivity index (χ1) is 7.35. The molecular weight excluding hydrogens is 204 g/mol. The van der Waals surface area contributed by atoms with Gasteiger partial charge in [0.15, 0.2) is 0 Å². The molecule has 2 nitrogen and oxygen atoms in total. The summed E-state index contributed by atoms with van der Waals surface area (Å²) < 4.78 is 0. The van der Waals surface area contributed by atoms with Gasteiger partial charge in [-0.15, -0.1) is 0 Å². The summed E-state index contributed by atoms with van der Waals surface area (Å²) in [5.74, 6) is 0. The Kier molecular flexibility index (Phi) is 3.65. The Hall–Kier alpha value is -0.540. The van der Waals surface area contributed by atoms with E-state index in [0.29, 0.717) is 12.1 Å². The molecule has 1 fully saturated rings. The number of hydrogen-bond donors (Lipinski definition) is 1. The number of nitrogens with zero attached hydrogens (tertiary/aromatic N) is 1. The van der Waals surface area contributed by atoms with E-state index in [9.17, 15) is 0 Å². The molecule has 0 amide bonds. The lowest BCUT2D eigenvalue weighted by molar-refractivity contribution is 0.379. The molecule has 1 aromatic heterocycles. The van der Waals surface area contributed by atoms with Crippen LogP contribution in [0.1, 0.15) is 26.7 Å². The van der Waals surface area contributed by atoms with Crippen LogP contribution in [0, 0.1) is 0 Å². The van der Waals surface area contributed by atoms with Crippen molar-refractivity contribution < 1.29 is 0 Å². The minimum absolute atomic E-state index is 0.660. The topological polar surface area (TPSA) is 15.3 Å². The molecule has 84 valence electrons. The zero-order valence-electron chi connectivity index (χ0n) is 9.57. The first-order valence-corrected chi connectivity index (χ1v) is 6.81. The second-order valence-corrected chi connectivity index (χ2v) is 4.99. The minimum atomic E-state index is 0.660. The molecule has 2 atom stereocenters. The van der Waals surface area contributed by atoms with Crippen molar-refractivity contribution in [3.8, 4) is 0 Å². The largest absolute Gasteiger partial charge is 0.365 e. The van der Waals surface area contributed by atoms with Gasteiger partial charge in [0.2, 0.25) is 0 Å². The van der Waals surface area contributed by atoms with Gasteiger partial charge in [-0.05, 0) is 24.3 Å². The van der Waals surface area contributed by atoms with Crippen molar-refractivity contribution in [2.75, 3.05) is 18.0 Å². The van der Waals surface area contributed by atoms with Crippen LogP contribution in [0.2, 0.25) is 0 Å². The van der Waals surface area contributed by atoms with Crippen LogP contribution in [-0.2, 0) is 0 Å². The molecule has 1 aliphatic rings. The van der Waals surface area contributed by atoms with Gasteiger partial charge in [0.05, 0.1) is 0 Å². The molecule has 3 heteroatoms. The first-order valence-electron chi connectivity index (χ1n) is 5.87. The molecular formula is C12H20N2S. The average Bonchev–Trinajstić information content (AvgIpc) is 2.81. The molecule has 1 N–H and O–H groups in total. The molecule has 0 bridgehead atoms. The van der Waals surface area contributed by atoms with E-state index in [2.05, 4.69) is 40.9 Å². The van der Waals surface area contributed by atoms with E-state index in [1.807, 2.05) is 0 Å².